The van der Waals surface area contributed by atoms with E-state index >= 15 is 0 Å². The van der Waals surface area contributed by atoms with Gasteiger partial charge in [-0.2, -0.15) is 9.59 Å². The van der Waals surface area contributed by atoms with Crippen LogP contribution in [0.2, 0.25) is 0 Å². The van der Waals surface area contributed by atoms with Crippen LogP contribution in [0, 0.1) is 0 Å². The van der Waals surface area contributed by atoms with Gasteiger partial charge in [0.25, 0.3) is 0 Å². The fraction of sp³-hybridized carbons (Fsp3) is 0.500. The molecule has 0 aliphatic carbocycles. The van der Waals surface area contributed by atoms with Gasteiger partial charge in [-0.1, -0.05) is 0 Å². The van der Waals surface area contributed by atoms with Gasteiger partial charge in [0.15, 0.2) is 0 Å². The number of carboxylic acids is 1. The van der Waals surface area contributed by atoms with Crippen molar-refractivity contribution >= 4 is 12.1 Å². The molecule has 0 heterocycles. The van der Waals surface area contributed by atoms with Gasteiger partial charge in [-0.15, -0.1) is 0 Å². The molecule has 0 saturated carbocycles. The number of aliphatic hydroxyl groups is 2. The van der Waals surface area contributed by atoms with Gasteiger partial charge in [0.1, 0.15) is 6.10 Å². The molecule has 1 atom stereocenters. The smallest absolute Gasteiger partial charge is 0.373 e. The van der Waals surface area contributed by atoms with Crippen molar-refractivity contribution in [1.82, 2.24) is 0 Å². The van der Waals surface area contributed by atoms with Crippen LogP contribution in [0.5, 0.6) is 0 Å². The van der Waals surface area contributed by atoms with Crippen LogP contribution in [0.3, 0.4) is 0 Å². The number of rotatable bonds is 2. The monoisotopic (exact) mass is 149 g/mol. The zero-order valence-electron chi connectivity index (χ0n) is 4.81. The molecule has 0 aromatic rings. The van der Waals surface area contributed by atoms with E-state index in [1.54, 1.807) is 0 Å². The number of hydrogen-bond acceptors (Lipinski definition) is 6. The van der Waals surface area contributed by atoms with Gasteiger partial charge in [-0.05, 0) is 0 Å². The van der Waals surface area contributed by atoms with E-state index in [4.69, 9.17) is 19.8 Å². The van der Waals surface area contributed by atoms with Crippen LogP contribution in [-0.2, 0) is 14.4 Å². The van der Waals surface area contributed by atoms with E-state index in [0.717, 1.165) is 0 Å². The Balaban J connectivity index is 0. The predicted octanol–water partition coefficient (Wildman–Crippen LogP) is -3.49. The van der Waals surface area contributed by atoms with Crippen LogP contribution < -0.4 is 5.11 Å². The van der Waals surface area contributed by atoms with Crippen molar-refractivity contribution in [2.24, 2.45) is 0 Å². The SMILES string of the molecule is O=C([O-])C(O)CO.O=C=O. The molecule has 1 unspecified atom stereocenters. The molecule has 0 aromatic heterocycles. The van der Waals surface area contributed by atoms with E-state index in [1.165, 1.54) is 0 Å². The molecule has 0 amide bonds. The summed E-state index contributed by atoms with van der Waals surface area (Å²) in [6.07, 6.45) is -1.49. The summed E-state index contributed by atoms with van der Waals surface area (Å²) in [5, 5.41) is 25.3. The third-order valence-corrected chi connectivity index (χ3v) is 0.445. The Morgan fingerprint density at radius 1 is 1.60 bits per heavy atom. The molecule has 0 fully saturated rings. The molecule has 0 bridgehead atoms. The summed E-state index contributed by atoms with van der Waals surface area (Å²) < 4.78 is 0. The highest BCUT2D eigenvalue weighted by Crippen LogP contribution is 1.72. The van der Waals surface area contributed by atoms with Crippen LogP contribution in [-0.4, -0.2) is 35.0 Å². The number of aliphatic carboxylic acids is 1. The summed E-state index contributed by atoms with van der Waals surface area (Å²) in [5.74, 6) is -1.65. The van der Waals surface area contributed by atoms with Gasteiger partial charge in [-0.3, -0.25) is 0 Å². The summed E-state index contributed by atoms with van der Waals surface area (Å²) in [7, 11) is 0. The number of aliphatic hydroxyl groups excluding tert-OH is 2. The quantitative estimate of drug-likeness (QED) is 0.421. The van der Waals surface area contributed by atoms with Crippen LogP contribution in [0.1, 0.15) is 0 Å². The summed E-state index contributed by atoms with van der Waals surface area (Å²) in [5.41, 5.74) is 0. The molecule has 0 radical (unpaired) electrons. The first-order chi connectivity index (χ1) is 4.59. The Bertz CT molecular complexity index is 124. The zero-order valence-corrected chi connectivity index (χ0v) is 4.81. The molecule has 0 aliphatic heterocycles. The molecule has 58 valence electrons. The van der Waals surface area contributed by atoms with Gasteiger partial charge in [0.05, 0.1) is 12.6 Å². The lowest BCUT2D eigenvalue weighted by Gasteiger charge is -2.04. The number of carbonyl (C=O) groups is 1. The molecule has 0 spiro atoms. The first-order valence-electron chi connectivity index (χ1n) is 2.09. The van der Waals surface area contributed by atoms with Gasteiger partial charge < -0.3 is 20.1 Å². The van der Waals surface area contributed by atoms with Gasteiger partial charge in [0.2, 0.25) is 0 Å². The summed E-state index contributed by atoms with van der Waals surface area (Å²) in [6.45, 7) is -0.789. The van der Waals surface area contributed by atoms with Crippen LogP contribution in [0.15, 0.2) is 0 Å². The molecule has 6 heteroatoms. The second kappa shape index (κ2) is 7.77. The number of hydrogen-bond donors (Lipinski definition) is 2. The van der Waals surface area contributed by atoms with Crippen molar-refractivity contribution in [1.29, 1.82) is 0 Å². The van der Waals surface area contributed by atoms with Crippen molar-refractivity contribution < 1.29 is 29.7 Å². The van der Waals surface area contributed by atoms with Crippen LogP contribution >= 0.6 is 0 Å². The van der Waals surface area contributed by atoms with Crippen molar-refractivity contribution in [2.45, 2.75) is 6.10 Å². The first-order valence-corrected chi connectivity index (χ1v) is 2.09. The van der Waals surface area contributed by atoms with Crippen molar-refractivity contribution in [3.8, 4) is 0 Å². The largest absolute Gasteiger partial charge is 0.547 e. The molecular weight excluding hydrogens is 144 g/mol. The maximum Gasteiger partial charge on any atom is 0.373 e. The summed E-state index contributed by atoms with van der Waals surface area (Å²) >= 11 is 0. The minimum atomic E-state index is -1.74. The van der Waals surface area contributed by atoms with Gasteiger partial charge >= 0.3 is 6.15 Å². The summed E-state index contributed by atoms with van der Waals surface area (Å²) in [6, 6.07) is 0. The number of carboxylic acid groups (broad SMARTS) is 1. The molecule has 10 heavy (non-hydrogen) atoms. The fourth-order valence-corrected chi connectivity index (χ4v) is 0.0745. The topological polar surface area (TPSA) is 115 Å². The Morgan fingerprint density at radius 2 is 1.90 bits per heavy atom. The highest BCUT2D eigenvalue weighted by molar-refractivity contribution is 5.69. The van der Waals surface area contributed by atoms with Crippen molar-refractivity contribution in [3.05, 3.63) is 0 Å². The molecule has 0 rings (SSSR count). The molecular formula is C4H5O6-. The second-order valence-electron chi connectivity index (χ2n) is 1.10. The third-order valence-electron chi connectivity index (χ3n) is 0.445. The van der Waals surface area contributed by atoms with E-state index < -0.39 is 18.7 Å². The lowest BCUT2D eigenvalue weighted by atomic mass is 10.4. The van der Waals surface area contributed by atoms with Crippen LogP contribution in [0.4, 0.5) is 0 Å². The van der Waals surface area contributed by atoms with Crippen molar-refractivity contribution in [3.63, 3.8) is 0 Å². The third kappa shape index (κ3) is 9.91. The average Bonchev–Trinajstić information content (AvgIpc) is 1.88. The lowest BCUT2D eigenvalue weighted by molar-refractivity contribution is -0.316. The summed E-state index contributed by atoms with van der Waals surface area (Å²) in [4.78, 5) is 25.7. The highest BCUT2D eigenvalue weighted by Gasteiger charge is 1.98. The Labute approximate surface area is 55.7 Å². The van der Waals surface area contributed by atoms with E-state index in [0.29, 0.717) is 0 Å². The molecule has 6 nitrogen and oxygen atoms in total. The van der Waals surface area contributed by atoms with E-state index in [-0.39, 0.29) is 6.15 Å². The molecule has 0 saturated heterocycles. The fourth-order valence-electron chi connectivity index (χ4n) is 0.0745. The van der Waals surface area contributed by atoms with E-state index in [1.807, 2.05) is 0 Å². The molecule has 2 N–H and O–H groups in total. The normalized spacial score (nSPS) is 10.2. The Morgan fingerprint density at radius 3 is 1.90 bits per heavy atom. The second-order valence-corrected chi connectivity index (χ2v) is 1.10. The predicted molar refractivity (Wildman–Crippen MR) is 23.1 cm³/mol. The highest BCUT2D eigenvalue weighted by atomic mass is 16.4. The van der Waals surface area contributed by atoms with Gasteiger partial charge in [-0.25, -0.2) is 0 Å². The number of carbonyl (C=O) groups excluding carboxylic acids is 3. The molecule has 0 aromatic carbocycles. The maximum atomic E-state index is 9.41. The molecule has 0 aliphatic rings. The van der Waals surface area contributed by atoms with Crippen molar-refractivity contribution in [2.75, 3.05) is 6.61 Å². The Kier molecular flexibility index (Phi) is 8.98. The zero-order chi connectivity index (χ0) is 8.57. The lowest BCUT2D eigenvalue weighted by Crippen LogP contribution is -2.37. The average molecular weight is 149 g/mol. The minimum Gasteiger partial charge on any atom is -0.547 e. The van der Waals surface area contributed by atoms with Gasteiger partial charge in [0, 0.05) is 0 Å². The van der Waals surface area contributed by atoms with E-state index in [2.05, 4.69) is 0 Å². The maximum absolute atomic E-state index is 9.41. The first kappa shape index (κ1) is 11.6. The minimum absolute atomic E-state index is 0.250. The Hall–Kier alpha value is -1.23. The standard InChI is InChI=1S/C3H6O4.CO2/c4-1-2(5)3(6)7;2-1-3/h2,4-5H,1H2,(H,6,7);/p-1. The van der Waals surface area contributed by atoms with E-state index in [9.17, 15) is 9.90 Å². The van der Waals surface area contributed by atoms with Crippen LogP contribution in [0.25, 0.3) is 0 Å².